The number of hydrogen-bond acceptors (Lipinski definition) is 2. The molecule has 2 N–H and O–H groups in total. The lowest BCUT2D eigenvalue weighted by Gasteiger charge is -2.15. The van der Waals surface area contributed by atoms with Crippen molar-refractivity contribution in [2.75, 3.05) is 5.73 Å². The molecule has 0 aliphatic carbocycles. The van der Waals surface area contributed by atoms with Gasteiger partial charge in [-0.25, -0.2) is 9.07 Å². The average molecular weight is 302 g/mol. The van der Waals surface area contributed by atoms with E-state index in [-0.39, 0.29) is 21.9 Å². The van der Waals surface area contributed by atoms with Gasteiger partial charge in [0.15, 0.2) is 0 Å². The van der Waals surface area contributed by atoms with E-state index < -0.39 is 5.82 Å². The lowest BCUT2D eigenvalue weighted by molar-refractivity contribution is 0.555. The van der Waals surface area contributed by atoms with Gasteiger partial charge in [-0.1, -0.05) is 50.0 Å². The molecule has 0 radical (unpaired) electrons. The fourth-order valence-corrected chi connectivity index (χ4v) is 2.40. The zero-order valence-corrected chi connectivity index (χ0v) is 12.3. The Balaban J connectivity index is 2.72. The number of rotatable bonds is 1. The first-order valence-electron chi connectivity index (χ1n) is 5.72. The van der Waals surface area contributed by atoms with Crippen LogP contribution in [0.1, 0.15) is 26.5 Å². The monoisotopic (exact) mass is 301 g/mol. The number of anilines is 1. The van der Waals surface area contributed by atoms with Crippen molar-refractivity contribution in [2.45, 2.75) is 26.2 Å². The van der Waals surface area contributed by atoms with Crippen LogP contribution in [-0.4, -0.2) is 9.78 Å². The number of aromatic nitrogens is 2. The molecule has 1 heterocycles. The average Bonchev–Trinajstić information content (AvgIpc) is 2.57. The maximum Gasteiger partial charge on any atom is 0.150 e. The molecule has 2 rings (SSSR count). The first-order valence-corrected chi connectivity index (χ1v) is 6.48. The second-order valence-electron chi connectivity index (χ2n) is 5.28. The SMILES string of the molecule is CC(C)(C)c1nn(-c2c(F)cccc2Cl)c(N)c1Cl. The van der Waals surface area contributed by atoms with Crippen molar-refractivity contribution in [3.63, 3.8) is 0 Å². The van der Waals surface area contributed by atoms with Crippen LogP contribution in [0.15, 0.2) is 18.2 Å². The van der Waals surface area contributed by atoms with E-state index in [4.69, 9.17) is 28.9 Å². The zero-order valence-electron chi connectivity index (χ0n) is 10.8. The minimum atomic E-state index is -0.501. The summed E-state index contributed by atoms with van der Waals surface area (Å²) in [4.78, 5) is 0. The van der Waals surface area contributed by atoms with Gasteiger partial charge in [-0.2, -0.15) is 5.10 Å². The molecule has 1 aromatic carbocycles. The number of hydrogen-bond donors (Lipinski definition) is 1. The maximum atomic E-state index is 13.9. The largest absolute Gasteiger partial charge is 0.382 e. The fourth-order valence-electron chi connectivity index (χ4n) is 1.75. The number of nitrogen functional groups attached to an aromatic ring is 1. The second-order valence-corrected chi connectivity index (χ2v) is 6.07. The van der Waals surface area contributed by atoms with Gasteiger partial charge in [-0.15, -0.1) is 0 Å². The van der Waals surface area contributed by atoms with Crippen LogP contribution < -0.4 is 5.73 Å². The summed E-state index contributed by atoms with van der Waals surface area (Å²) in [6.45, 7) is 5.86. The molecule has 6 heteroatoms. The van der Waals surface area contributed by atoms with Crippen molar-refractivity contribution < 1.29 is 4.39 Å². The van der Waals surface area contributed by atoms with E-state index in [9.17, 15) is 4.39 Å². The Morgan fingerprint density at radius 3 is 2.37 bits per heavy atom. The Morgan fingerprint density at radius 1 is 1.26 bits per heavy atom. The summed E-state index contributed by atoms with van der Waals surface area (Å²) in [7, 11) is 0. The molecular weight excluding hydrogens is 288 g/mol. The third-order valence-electron chi connectivity index (χ3n) is 2.72. The number of nitrogens with two attached hydrogens (primary N) is 1. The summed E-state index contributed by atoms with van der Waals surface area (Å²) >= 11 is 12.2. The van der Waals surface area contributed by atoms with Gasteiger partial charge < -0.3 is 5.73 Å². The molecule has 0 amide bonds. The van der Waals surface area contributed by atoms with Crippen LogP contribution >= 0.6 is 23.2 Å². The number of nitrogens with zero attached hydrogens (tertiary/aromatic N) is 2. The second kappa shape index (κ2) is 4.69. The molecule has 0 saturated heterocycles. The summed E-state index contributed by atoms with van der Waals surface area (Å²) in [5.74, 6) is -0.322. The Morgan fingerprint density at radius 2 is 1.89 bits per heavy atom. The first kappa shape index (κ1) is 14.2. The van der Waals surface area contributed by atoms with Gasteiger partial charge in [-0.05, 0) is 12.1 Å². The van der Waals surface area contributed by atoms with Crippen LogP contribution in [0.2, 0.25) is 10.0 Å². The molecule has 3 nitrogen and oxygen atoms in total. The molecule has 0 aliphatic rings. The minimum absolute atomic E-state index is 0.110. The number of benzene rings is 1. The van der Waals surface area contributed by atoms with E-state index in [1.807, 2.05) is 20.8 Å². The molecule has 0 unspecified atom stereocenters. The molecule has 2 aromatic rings. The molecule has 1 aromatic heterocycles. The molecule has 0 atom stereocenters. The van der Waals surface area contributed by atoms with Gasteiger partial charge in [0.1, 0.15) is 22.3 Å². The van der Waals surface area contributed by atoms with Crippen molar-refractivity contribution in [2.24, 2.45) is 0 Å². The van der Waals surface area contributed by atoms with Crippen LogP contribution in [0.25, 0.3) is 5.69 Å². The number of para-hydroxylation sites is 1. The van der Waals surface area contributed by atoms with Crippen molar-refractivity contribution in [3.05, 3.63) is 39.8 Å². The van der Waals surface area contributed by atoms with Crippen LogP contribution in [-0.2, 0) is 5.41 Å². The highest BCUT2D eigenvalue weighted by Crippen LogP contribution is 2.35. The minimum Gasteiger partial charge on any atom is -0.382 e. The predicted molar refractivity (Wildman–Crippen MR) is 76.7 cm³/mol. The third-order valence-corrected chi connectivity index (χ3v) is 3.40. The lowest BCUT2D eigenvalue weighted by atomic mass is 9.92. The van der Waals surface area contributed by atoms with Crippen LogP contribution in [0.5, 0.6) is 0 Å². The molecule has 0 aliphatic heterocycles. The molecule has 0 saturated carbocycles. The standard InChI is InChI=1S/C13H14Cl2FN3/c1-13(2,3)11-9(15)12(17)19(18-11)10-7(14)5-4-6-8(10)16/h4-6H,17H2,1-3H3. The lowest BCUT2D eigenvalue weighted by Crippen LogP contribution is -2.13. The topological polar surface area (TPSA) is 43.8 Å². The Bertz CT molecular complexity index is 609. The summed E-state index contributed by atoms with van der Waals surface area (Å²) in [6, 6.07) is 4.39. The van der Waals surface area contributed by atoms with E-state index in [0.29, 0.717) is 10.7 Å². The van der Waals surface area contributed by atoms with Gasteiger partial charge in [0.05, 0.1) is 10.7 Å². The number of halogens is 3. The first-order chi connectivity index (χ1) is 8.73. The molecule has 19 heavy (non-hydrogen) atoms. The van der Waals surface area contributed by atoms with Crippen LogP contribution in [0.4, 0.5) is 10.2 Å². The fraction of sp³-hybridized carbons (Fsp3) is 0.308. The summed E-state index contributed by atoms with van der Waals surface area (Å²) in [5, 5.41) is 4.86. The van der Waals surface area contributed by atoms with Crippen molar-refractivity contribution >= 4 is 29.0 Å². The van der Waals surface area contributed by atoms with Crippen LogP contribution in [0, 0.1) is 5.82 Å². The Labute approximate surface area is 121 Å². The predicted octanol–water partition coefficient (Wildman–Crippen LogP) is 4.20. The molecule has 102 valence electrons. The van der Waals surface area contributed by atoms with Crippen molar-refractivity contribution in [1.82, 2.24) is 9.78 Å². The zero-order chi connectivity index (χ0) is 14.4. The molecule has 0 bridgehead atoms. The smallest absolute Gasteiger partial charge is 0.150 e. The van der Waals surface area contributed by atoms with Gasteiger partial charge in [0.2, 0.25) is 0 Å². The molecule has 0 fully saturated rings. The third kappa shape index (κ3) is 2.42. The van der Waals surface area contributed by atoms with Gasteiger partial charge in [0.25, 0.3) is 0 Å². The highest BCUT2D eigenvalue weighted by Gasteiger charge is 2.26. The molecule has 0 spiro atoms. The Kier molecular flexibility index (Phi) is 3.49. The summed E-state index contributed by atoms with van der Waals surface area (Å²) < 4.78 is 15.2. The van der Waals surface area contributed by atoms with Crippen LogP contribution in [0.3, 0.4) is 0 Å². The summed E-state index contributed by atoms with van der Waals surface area (Å²) in [5.41, 5.74) is 6.33. The normalized spacial score (nSPS) is 11.9. The molecular formula is C13H14Cl2FN3. The Hall–Kier alpha value is -1.26. The summed E-state index contributed by atoms with van der Waals surface area (Å²) in [6.07, 6.45) is 0. The quantitative estimate of drug-likeness (QED) is 0.858. The van der Waals surface area contributed by atoms with E-state index >= 15 is 0 Å². The highest BCUT2D eigenvalue weighted by molar-refractivity contribution is 6.34. The van der Waals surface area contributed by atoms with E-state index in [0.717, 1.165) is 0 Å². The van der Waals surface area contributed by atoms with Crippen molar-refractivity contribution in [3.8, 4) is 5.69 Å². The van der Waals surface area contributed by atoms with Gasteiger partial charge in [-0.3, -0.25) is 0 Å². The van der Waals surface area contributed by atoms with Crippen molar-refractivity contribution in [1.29, 1.82) is 0 Å². The van der Waals surface area contributed by atoms with E-state index in [2.05, 4.69) is 5.10 Å². The van der Waals surface area contributed by atoms with E-state index in [1.165, 1.54) is 16.8 Å². The van der Waals surface area contributed by atoms with E-state index in [1.54, 1.807) is 6.07 Å². The van der Waals surface area contributed by atoms with Gasteiger partial charge >= 0.3 is 0 Å². The highest BCUT2D eigenvalue weighted by atomic mass is 35.5. The van der Waals surface area contributed by atoms with Gasteiger partial charge in [0, 0.05) is 5.41 Å². The maximum absolute atomic E-state index is 13.9.